The molecule has 1 amide bonds. The summed E-state index contributed by atoms with van der Waals surface area (Å²) in [6, 6.07) is 11.3. The molecule has 0 aromatic heterocycles. The zero-order chi connectivity index (χ0) is 24.8. The van der Waals surface area contributed by atoms with Crippen molar-refractivity contribution in [3.05, 3.63) is 70.3 Å². The Bertz CT molecular complexity index is 1110. The van der Waals surface area contributed by atoms with E-state index < -0.39 is 55.8 Å². The minimum Gasteiger partial charge on any atom is -0.479 e. The second kappa shape index (κ2) is 10.4. The van der Waals surface area contributed by atoms with Gasteiger partial charge in [0.15, 0.2) is 10.9 Å². The van der Waals surface area contributed by atoms with Crippen molar-refractivity contribution in [2.24, 2.45) is 0 Å². The third kappa shape index (κ3) is 6.99. The number of carbonyl (C=O) groups excluding carboxylic acids is 1. The molecule has 12 heteroatoms. The van der Waals surface area contributed by atoms with Gasteiger partial charge in [-0.2, -0.15) is 0 Å². The van der Waals surface area contributed by atoms with Crippen LogP contribution in [0.3, 0.4) is 0 Å². The monoisotopic (exact) mass is 479 g/mol. The first-order valence-electron chi connectivity index (χ1n) is 9.84. The molecule has 0 saturated heterocycles. The molecule has 33 heavy (non-hydrogen) atoms. The number of hydrogen-bond acceptors (Lipinski definition) is 7. The molecule has 0 spiro atoms. The zero-order valence-electron chi connectivity index (χ0n) is 18.3. The summed E-state index contributed by atoms with van der Waals surface area (Å²) in [5, 5.41) is 21.0. The summed E-state index contributed by atoms with van der Waals surface area (Å²) in [4.78, 5) is 35.6. The van der Waals surface area contributed by atoms with E-state index in [1.807, 2.05) is 0 Å². The smallest absolute Gasteiger partial charge is 0.411 e. The molecule has 2 N–H and O–H groups in total. The molecule has 0 unspecified atom stereocenters. The SMILES string of the molecule is CC(C)(C)OC(=O)N(CCNS(=O)(=O)c1ccccc1[N+](=O)[O-])[C@H](C(=O)O)c1ccccc1. The third-order valence-corrected chi connectivity index (χ3v) is 5.79. The number of nitro groups is 1. The average molecular weight is 480 g/mol. The fraction of sp³-hybridized carbons (Fsp3) is 0.333. The number of nitrogens with zero attached hydrogens (tertiary/aromatic N) is 2. The lowest BCUT2D eigenvalue weighted by molar-refractivity contribution is -0.387. The summed E-state index contributed by atoms with van der Waals surface area (Å²) in [7, 11) is -4.32. The number of sulfonamides is 1. The highest BCUT2D eigenvalue weighted by molar-refractivity contribution is 7.89. The fourth-order valence-corrected chi connectivity index (χ4v) is 4.14. The van der Waals surface area contributed by atoms with Gasteiger partial charge in [0, 0.05) is 19.2 Å². The second-order valence-corrected chi connectivity index (χ2v) is 9.68. The molecule has 0 heterocycles. The van der Waals surface area contributed by atoms with Crippen molar-refractivity contribution in [2.75, 3.05) is 13.1 Å². The Kier molecular flexibility index (Phi) is 8.12. The summed E-state index contributed by atoms with van der Waals surface area (Å²) >= 11 is 0. The van der Waals surface area contributed by atoms with Gasteiger partial charge in [-0.25, -0.2) is 22.7 Å². The van der Waals surface area contributed by atoms with Crippen LogP contribution < -0.4 is 4.72 Å². The number of carbonyl (C=O) groups is 2. The van der Waals surface area contributed by atoms with Crippen molar-refractivity contribution in [2.45, 2.75) is 37.3 Å². The number of para-hydroxylation sites is 1. The Balaban J connectivity index is 2.31. The van der Waals surface area contributed by atoms with Crippen molar-refractivity contribution in [3.8, 4) is 0 Å². The van der Waals surface area contributed by atoms with E-state index in [2.05, 4.69) is 4.72 Å². The third-order valence-electron chi connectivity index (χ3n) is 4.29. The minimum atomic E-state index is -4.32. The van der Waals surface area contributed by atoms with Gasteiger partial charge in [0.2, 0.25) is 10.0 Å². The Morgan fingerprint density at radius 2 is 1.70 bits per heavy atom. The van der Waals surface area contributed by atoms with Crippen LogP contribution in [0.5, 0.6) is 0 Å². The normalized spacial score (nSPS) is 12.6. The predicted octanol–water partition coefficient (Wildman–Crippen LogP) is 2.94. The molecule has 0 aliphatic rings. The first kappa shape index (κ1) is 25.7. The van der Waals surface area contributed by atoms with Crippen LogP contribution in [0, 0.1) is 10.1 Å². The van der Waals surface area contributed by atoms with E-state index in [0.717, 1.165) is 17.0 Å². The maximum atomic E-state index is 12.8. The van der Waals surface area contributed by atoms with E-state index in [9.17, 15) is 33.2 Å². The van der Waals surface area contributed by atoms with Crippen LogP contribution in [0.25, 0.3) is 0 Å². The molecule has 0 fully saturated rings. The van der Waals surface area contributed by atoms with Gasteiger partial charge in [-0.1, -0.05) is 42.5 Å². The zero-order valence-corrected chi connectivity index (χ0v) is 19.1. The Labute approximate surface area is 191 Å². The van der Waals surface area contributed by atoms with E-state index in [1.54, 1.807) is 39.0 Å². The van der Waals surface area contributed by atoms with Gasteiger partial charge in [-0.3, -0.25) is 15.0 Å². The molecule has 0 bridgehead atoms. The van der Waals surface area contributed by atoms with Crippen LogP contribution in [0.4, 0.5) is 10.5 Å². The maximum absolute atomic E-state index is 12.8. The molecular weight excluding hydrogens is 454 g/mol. The lowest BCUT2D eigenvalue weighted by Crippen LogP contribution is -2.45. The van der Waals surface area contributed by atoms with E-state index >= 15 is 0 Å². The van der Waals surface area contributed by atoms with E-state index in [1.165, 1.54) is 24.3 Å². The molecule has 0 aliphatic heterocycles. The number of carboxylic acids is 1. The van der Waals surface area contributed by atoms with Crippen molar-refractivity contribution >= 4 is 27.8 Å². The highest BCUT2D eigenvalue weighted by Gasteiger charge is 2.34. The number of nitro benzene ring substituents is 1. The number of benzene rings is 2. The number of aliphatic carboxylic acids is 1. The quantitative estimate of drug-likeness (QED) is 0.411. The average Bonchev–Trinajstić information content (AvgIpc) is 2.72. The molecule has 11 nitrogen and oxygen atoms in total. The number of amides is 1. The number of carboxylic acid groups (broad SMARTS) is 1. The van der Waals surface area contributed by atoms with Crippen LogP contribution in [0.2, 0.25) is 0 Å². The van der Waals surface area contributed by atoms with E-state index in [-0.39, 0.29) is 12.1 Å². The van der Waals surface area contributed by atoms with Gasteiger partial charge in [-0.05, 0) is 32.4 Å². The number of hydrogen-bond donors (Lipinski definition) is 2. The van der Waals surface area contributed by atoms with Crippen LogP contribution in [0.15, 0.2) is 59.5 Å². The summed E-state index contributed by atoms with van der Waals surface area (Å²) in [6.07, 6.45) is -0.955. The number of rotatable bonds is 9. The summed E-state index contributed by atoms with van der Waals surface area (Å²) in [6.45, 7) is 4.04. The van der Waals surface area contributed by atoms with Gasteiger partial charge in [0.25, 0.3) is 5.69 Å². The molecule has 1 atom stereocenters. The van der Waals surface area contributed by atoms with Gasteiger partial charge < -0.3 is 9.84 Å². The van der Waals surface area contributed by atoms with Crippen molar-refractivity contribution in [3.63, 3.8) is 0 Å². The summed E-state index contributed by atoms with van der Waals surface area (Å²) in [5.41, 5.74) is -1.25. The van der Waals surface area contributed by atoms with Crippen LogP contribution in [0.1, 0.15) is 32.4 Å². The van der Waals surface area contributed by atoms with Crippen LogP contribution in [-0.4, -0.2) is 54.1 Å². The highest BCUT2D eigenvalue weighted by Crippen LogP contribution is 2.25. The summed E-state index contributed by atoms with van der Waals surface area (Å²) < 4.78 is 32.8. The summed E-state index contributed by atoms with van der Waals surface area (Å²) in [5.74, 6) is -1.34. The lowest BCUT2D eigenvalue weighted by Gasteiger charge is -2.31. The van der Waals surface area contributed by atoms with Gasteiger partial charge in [0.1, 0.15) is 5.60 Å². The van der Waals surface area contributed by atoms with Crippen molar-refractivity contribution in [1.82, 2.24) is 9.62 Å². The number of nitrogens with one attached hydrogen (secondary N) is 1. The fourth-order valence-electron chi connectivity index (χ4n) is 2.95. The first-order valence-corrected chi connectivity index (χ1v) is 11.3. The molecule has 0 saturated carbocycles. The molecule has 2 rings (SSSR count). The van der Waals surface area contributed by atoms with Gasteiger partial charge in [0.05, 0.1) is 4.92 Å². The maximum Gasteiger partial charge on any atom is 0.411 e. The van der Waals surface area contributed by atoms with Gasteiger partial charge in [-0.15, -0.1) is 0 Å². The standard InChI is InChI=1S/C21H25N3O8S/c1-21(2,3)32-20(27)23(18(19(25)26)15-9-5-4-6-10-15)14-13-22-33(30,31)17-12-8-7-11-16(17)24(28)29/h4-12,18,22H,13-14H2,1-3H3,(H,25,26)/t18-/m0/s1. The molecule has 0 radical (unpaired) electrons. The number of ether oxygens (including phenoxy) is 1. The Morgan fingerprint density at radius 3 is 2.24 bits per heavy atom. The lowest BCUT2D eigenvalue weighted by atomic mass is 10.1. The molecule has 178 valence electrons. The van der Waals surface area contributed by atoms with Crippen molar-refractivity contribution in [1.29, 1.82) is 0 Å². The molecule has 2 aromatic carbocycles. The second-order valence-electron chi connectivity index (χ2n) is 7.95. The largest absolute Gasteiger partial charge is 0.479 e. The van der Waals surface area contributed by atoms with Gasteiger partial charge >= 0.3 is 12.1 Å². The Hall–Kier alpha value is -3.51. The topological polar surface area (TPSA) is 156 Å². The van der Waals surface area contributed by atoms with E-state index in [4.69, 9.17) is 4.74 Å². The van der Waals surface area contributed by atoms with Crippen LogP contribution in [-0.2, 0) is 19.6 Å². The predicted molar refractivity (Wildman–Crippen MR) is 118 cm³/mol. The highest BCUT2D eigenvalue weighted by atomic mass is 32.2. The Morgan fingerprint density at radius 1 is 1.12 bits per heavy atom. The molecule has 0 aliphatic carbocycles. The van der Waals surface area contributed by atoms with Crippen molar-refractivity contribution < 1.29 is 32.8 Å². The minimum absolute atomic E-state index is 0.289. The molecular formula is C21H25N3O8S. The molecule has 2 aromatic rings. The first-order chi connectivity index (χ1) is 15.3. The van der Waals surface area contributed by atoms with E-state index in [0.29, 0.717) is 0 Å². The van der Waals surface area contributed by atoms with Crippen LogP contribution >= 0.6 is 0 Å².